The molecule has 1 amide bonds. The summed E-state index contributed by atoms with van der Waals surface area (Å²) in [5, 5.41) is 7.21. The average Bonchev–Trinajstić information content (AvgIpc) is 2.71. The molecule has 162 valence electrons. The number of amides is 1. The van der Waals surface area contributed by atoms with Gasteiger partial charge in [0.1, 0.15) is 0 Å². The predicted molar refractivity (Wildman–Crippen MR) is 117 cm³/mol. The van der Waals surface area contributed by atoms with Gasteiger partial charge in [-0.15, -0.1) is 0 Å². The molecule has 4 unspecified atom stereocenters. The summed E-state index contributed by atoms with van der Waals surface area (Å²) in [6, 6.07) is 0.352. The molecule has 1 heterocycles. The Morgan fingerprint density at radius 1 is 1.25 bits per heavy atom. The van der Waals surface area contributed by atoms with Crippen LogP contribution in [0.2, 0.25) is 0 Å². The van der Waals surface area contributed by atoms with E-state index in [-0.39, 0.29) is 11.8 Å². The zero-order valence-electron chi connectivity index (χ0n) is 17.6. The van der Waals surface area contributed by atoms with Crippen LogP contribution in [0.1, 0.15) is 58.8 Å². The van der Waals surface area contributed by atoms with Crippen LogP contribution in [-0.2, 0) is 15.6 Å². The fourth-order valence-electron chi connectivity index (χ4n) is 4.24. The van der Waals surface area contributed by atoms with Crippen LogP contribution < -0.4 is 16.4 Å². The van der Waals surface area contributed by atoms with Crippen molar-refractivity contribution in [2.75, 3.05) is 38.5 Å². The van der Waals surface area contributed by atoms with E-state index >= 15 is 0 Å². The lowest BCUT2D eigenvalue weighted by Gasteiger charge is -2.31. The molecule has 2 rings (SSSR count). The van der Waals surface area contributed by atoms with Crippen LogP contribution >= 0.6 is 0 Å². The Kier molecular flexibility index (Phi) is 10.3. The maximum absolute atomic E-state index is 12.2. The first-order valence-electron chi connectivity index (χ1n) is 11.0. The lowest BCUT2D eigenvalue weighted by molar-refractivity contribution is -0.123. The van der Waals surface area contributed by atoms with Crippen LogP contribution in [0.15, 0.2) is 4.99 Å². The van der Waals surface area contributed by atoms with E-state index in [1.165, 1.54) is 0 Å². The van der Waals surface area contributed by atoms with Gasteiger partial charge in [-0.25, -0.2) is 0 Å². The van der Waals surface area contributed by atoms with Crippen molar-refractivity contribution in [1.82, 2.24) is 15.5 Å². The molecule has 4 atom stereocenters. The number of likely N-dealkylation sites (tertiary alicyclic amines) is 1. The number of rotatable bonds is 9. The quantitative estimate of drug-likeness (QED) is 0.300. The summed E-state index contributed by atoms with van der Waals surface area (Å²) in [6.45, 7) is 8.45. The third-order valence-corrected chi connectivity index (χ3v) is 7.52. The largest absolute Gasteiger partial charge is 0.369 e. The van der Waals surface area contributed by atoms with Crippen LogP contribution in [0.25, 0.3) is 0 Å². The average molecular weight is 414 g/mol. The number of primary amides is 1. The minimum absolute atomic E-state index is 0.00385. The molecule has 0 aromatic heterocycles. The van der Waals surface area contributed by atoms with Gasteiger partial charge in [0.05, 0.1) is 5.92 Å². The van der Waals surface area contributed by atoms with Crippen LogP contribution in [0, 0.1) is 5.92 Å². The van der Waals surface area contributed by atoms with Crippen molar-refractivity contribution in [1.29, 1.82) is 0 Å². The molecular weight excluding hydrogens is 374 g/mol. The lowest BCUT2D eigenvalue weighted by Crippen LogP contribution is -2.46. The highest BCUT2D eigenvalue weighted by Crippen LogP contribution is 2.23. The smallest absolute Gasteiger partial charge is 0.221 e. The summed E-state index contributed by atoms with van der Waals surface area (Å²) < 4.78 is 12.2. The number of nitrogens with zero attached hydrogens (tertiary/aromatic N) is 2. The molecular formula is C20H39N5O2S. The van der Waals surface area contributed by atoms with Gasteiger partial charge in [-0.3, -0.25) is 14.0 Å². The van der Waals surface area contributed by atoms with E-state index in [0.717, 1.165) is 89.4 Å². The maximum atomic E-state index is 12.2. The summed E-state index contributed by atoms with van der Waals surface area (Å²) in [6.07, 6.45) is 7.22. The molecule has 8 heteroatoms. The zero-order chi connectivity index (χ0) is 20.4. The molecule has 0 aromatic carbocycles. The number of hydrogen-bond acceptors (Lipinski definition) is 4. The third kappa shape index (κ3) is 7.70. The SMILES string of the molecule is CCNC(=NCCCN1CCCC(C(N)=O)C1)NC1CCCC(S(=O)CC)C1. The first kappa shape index (κ1) is 23.1. The molecule has 2 fully saturated rings. The van der Waals surface area contributed by atoms with E-state index < -0.39 is 10.8 Å². The van der Waals surface area contributed by atoms with Gasteiger partial charge < -0.3 is 21.3 Å². The Bertz CT molecular complexity index is 543. The number of nitrogens with one attached hydrogen (secondary N) is 2. The Balaban J connectivity index is 1.77. The van der Waals surface area contributed by atoms with Gasteiger partial charge in [-0.05, 0) is 58.5 Å². The molecule has 4 N–H and O–H groups in total. The third-order valence-electron chi connectivity index (χ3n) is 5.78. The van der Waals surface area contributed by atoms with Gasteiger partial charge in [0, 0.05) is 47.5 Å². The number of nitrogens with two attached hydrogens (primary N) is 1. The Morgan fingerprint density at radius 2 is 2.07 bits per heavy atom. The van der Waals surface area contributed by atoms with Gasteiger partial charge >= 0.3 is 0 Å². The van der Waals surface area contributed by atoms with Crippen molar-refractivity contribution in [2.24, 2.45) is 16.6 Å². The lowest BCUT2D eigenvalue weighted by atomic mass is 9.95. The second-order valence-corrected chi connectivity index (χ2v) is 9.96. The molecule has 0 radical (unpaired) electrons. The molecule has 0 spiro atoms. The Labute approximate surface area is 172 Å². The predicted octanol–water partition coefficient (Wildman–Crippen LogP) is 1.21. The maximum Gasteiger partial charge on any atom is 0.221 e. The highest BCUT2D eigenvalue weighted by atomic mass is 32.2. The highest BCUT2D eigenvalue weighted by molar-refractivity contribution is 7.85. The molecule has 1 saturated carbocycles. The number of carbonyl (C=O) groups is 1. The molecule has 1 saturated heterocycles. The molecule has 1 aliphatic heterocycles. The normalized spacial score (nSPS) is 27.9. The summed E-state index contributed by atoms with van der Waals surface area (Å²) in [5.74, 6) is 1.45. The van der Waals surface area contributed by atoms with Gasteiger partial charge in [-0.1, -0.05) is 13.3 Å². The second-order valence-electron chi connectivity index (χ2n) is 7.96. The zero-order valence-corrected chi connectivity index (χ0v) is 18.4. The highest BCUT2D eigenvalue weighted by Gasteiger charge is 2.26. The van der Waals surface area contributed by atoms with E-state index in [2.05, 4.69) is 22.5 Å². The van der Waals surface area contributed by atoms with E-state index in [0.29, 0.717) is 11.3 Å². The minimum Gasteiger partial charge on any atom is -0.369 e. The van der Waals surface area contributed by atoms with Crippen LogP contribution in [0.4, 0.5) is 0 Å². The monoisotopic (exact) mass is 413 g/mol. The summed E-state index contributed by atoms with van der Waals surface area (Å²) in [5.41, 5.74) is 5.46. The topological polar surface area (TPSA) is 99.8 Å². The number of aliphatic imine (C=N–C) groups is 1. The van der Waals surface area contributed by atoms with Gasteiger partial charge in [0.2, 0.25) is 5.91 Å². The fraction of sp³-hybridized carbons (Fsp3) is 0.900. The number of hydrogen-bond donors (Lipinski definition) is 3. The van der Waals surface area contributed by atoms with Crippen LogP contribution in [0.5, 0.6) is 0 Å². The molecule has 0 bridgehead atoms. The minimum atomic E-state index is -0.708. The molecule has 28 heavy (non-hydrogen) atoms. The Morgan fingerprint density at radius 3 is 2.79 bits per heavy atom. The second kappa shape index (κ2) is 12.4. The van der Waals surface area contributed by atoms with Crippen molar-refractivity contribution < 1.29 is 9.00 Å². The molecule has 0 aromatic rings. The van der Waals surface area contributed by atoms with Crippen molar-refractivity contribution in [3.63, 3.8) is 0 Å². The molecule has 7 nitrogen and oxygen atoms in total. The van der Waals surface area contributed by atoms with E-state index in [4.69, 9.17) is 10.7 Å². The van der Waals surface area contributed by atoms with Crippen LogP contribution in [0.3, 0.4) is 0 Å². The van der Waals surface area contributed by atoms with Crippen molar-refractivity contribution >= 4 is 22.7 Å². The van der Waals surface area contributed by atoms with Gasteiger partial charge in [0.15, 0.2) is 5.96 Å². The molecule has 1 aliphatic carbocycles. The van der Waals surface area contributed by atoms with Gasteiger partial charge in [0.25, 0.3) is 0 Å². The van der Waals surface area contributed by atoms with E-state index in [9.17, 15) is 9.00 Å². The Hall–Kier alpha value is -1.15. The summed E-state index contributed by atoms with van der Waals surface area (Å²) >= 11 is 0. The van der Waals surface area contributed by atoms with Crippen molar-refractivity contribution in [2.45, 2.75) is 70.1 Å². The van der Waals surface area contributed by atoms with E-state index in [1.54, 1.807) is 0 Å². The van der Waals surface area contributed by atoms with Crippen molar-refractivity contribution in [3.8, 4) is 0 Å². The standard InChI is InChI=1S/C20H39N5O2S/c1-3-22-20(24-17-9-5-10-18(14-17)28(27)4-2)23-11-7-13-25-12-6-8-16(15-25)19(21)26/h16-18H,3-15H2,1-2H3,(H2,21,26)(H2,22,23,24). The number of guanidine groups is 1. The first-order chi connectivity index (χ1) is 13.5. The van der Waals surface area contributed by atoms with Gasteiger partial charge in [-0.2, -0.15) is 0 Å². The first-order valence-corrected chi connectivity index (χ1v) is 12.3. The van der Waals surface area contributed by atoms with Crippen molar-refractivity contribution in [3.05, 3.63) is 0 Å². The molecule has 2 aliphatic rings. The summed E-state index contributed by atoms with van der Waals surface area (Å²) in [7, 11) is -0.708. The summed E-state index contributed by atoms with van der Waals surface area (Å²) in [4.78, 5) is 18.5. The van der Waals surface area contributed by atoms with Crippen LogP contribution in [-0.4, -0.2) is 70.7 Å². The number of carbonyl (C=O) groups excluding carboxylic acids is 1. The number of piperidine rings is 1. The van der Waals surface area contributed by atoms with E-state index in [1.807, 2.05) is 6.92 Å². The fourth-order valence-corrected chi connectivity index (χ4v) is 5.59.